The zero-order valence-electron chi connectivity index (χ0n) is 15.6. The summed E-state index contributed by atoms with van der Waals surface area (Å²) in [4.78, 5) is 4.70. The first kappa shape index (κ1) is 20.1. The molecule has 5 nitrogen and oxygen atoms in total. The minimum atomic E-state index is -3.70. The number of rotatable bonds is 4. The van der Waals surface area contributed by atoms with Gasteiger partial charge in [-0.1, -0.05) is 23.9 Å². The second kappa shape index (κ2) is 8.27. The Labute approximate surface area is 181 Å². The van der Waals surface area contributed by atoms with Gasteiger partial charge in [0.1, 0.15) is 9.22 Å². The fourth-order valence-corrected chi connectivity index (χ4v) is 6.35. The molecule has 0 aliphatic rings. The molecule has 2 aromatic carbocycles. The van der Waals surface area contributed by atoms with E-state index in [-0.39, 0.29) is 4.21 Å². The first-order valence-electron chi connectivity index (χ1n) is 8.62. The third kappa shape index (κ3) is 4.53. The van der Waals surface area contributed by atoms with Gasteiger partial charge in [0.2, 0.25) is 0 Å². The number of thioether (sulfide) groups is 1. The van der Waals surface area contributed by atoms with Crippen LogP contribution >= 0.6 is 34.4 Å². The lowest BCUT2D eigenvalue weighted by atomic mass is 10.2. The van der Waals surface area contributed by atoms with E-state index in [1.54, 1.807) is 35.1 Å². The highest BCUT2D eigenvalue weighted by atomic mass is 32.2. The molecule has 29 heavy (non-hydrogen) atoms. The van der Waals surface area contributed by atoms with E-state index in [0.29, 0.717) is 5.17 Å². The Balaban J connectivity index is 1.56. The van der Waals surface area contributed by atoms with E-state index in [2.05, 4.69) is 28.8 Å². The molecule has 4 rings (SSSR count). The maximum atomic E-state index is 12.4. The van der Waals surface area contributed by atoms with Crippen LogP contribution in [0.2, 0.25) is 0 Å². The molecule has 0 bridgehead atoms. The third-order valence-electron chi connectivity index (χ3n) is 4.07. The molecule has 0 aliphatic carbocycles. The highest BCUT2D eigenvalue weighted by molar-refractivity contribution is 8.14. The second-order valence-electron chi connectivity index (χ2n) is 6.20. The van der Waals surface area contributed by atoms with Crippen molar-refractivity contribution >= 4 is 65.5 Å². The highest BCUT2D eigenvalue weighted by Gasteiger charge is 2.15. The molecule has 0 atom stereocenters. The quantitative estimate of drug-likeness (QED) is 0.306. The molecule has 4 aromatic rings. The van der Waals surface area contributed by atoms with Gasteiger partial charge in [-0.05, 0) is 66.6 Å². The Morgan fingerprint density at radius 2 is 1.93 bits per heavy atom. The van der Waals surface area contributed by atoms with Crippen LogP contribution < -0.4 is 5.32 Å². The smallest absolute Gasteiger partial charge is 0.294 e. The van der Waals surface area contributed by atoms with E-state index >= 15 is 0 Å². The van der Waals surface area contributed by atoms with Crippen molar-refractivity contribution in [2.24, 2.45) is 4.40 Å². The van der Waals surface area contributed by atoms with Crippen LogP contribution in [0.3, 0.4) is 0 Å². The Kier molecular flexibility index (Phi) is 5.73. The van der Waals surface area contributed by atoms with Crippen molar-refractivity contribution in [3.05, 3.63) is 65.5 Å². The topological polar surface area (TPSA) is 71.4 Å². The number of thiazole rings is 1. The number of anilines is 1. The minimum absolute atomic E-state index is 0.229. The van der Waals surface area contributed by atoms with Gasteiger partial charge in [0.25, 0.3) is 10.0 Å². The van der Waals surface area contributed by atoms with Gasteiger partial charge in [-0.25, -0.2) is 4.98 Å². The lowest BCUT2D eigenvalue weighted by molar-refractivity contribution is 0.600. The molecule has 0 fully saturated rings. The van der Waals surface area contributed by atoms with E-state index < -0.39 is 10.0 Å². The molecular formula is C20H17N3O2S4. The molecule has 0 saturated carbocycles. The summed E-state index contributed by atoms with van der Waals surface area (Å²) in [5.74, 6) is 0. The van der Waals surface area contributed by atoms with Crippen molar-refractivity contribution in [1.82, 2.24) is 4.98 Å². The Morgan fingerprint density at radius 3 is 2.62 bits per heavy atom. The number of aromatic nitrogens is 1. The fraction of sp³-hybridized carbons (Fsp3) is 0.100. The number of hydrogen-bond donors (Lipinski definition) is 1. The lowest BCUT2D eigenvalue weighted by Gasteiger charge is -2.08. The van der Waals surface area contributed by atoms with Crippen molar-refractivity contribution in [1.29, 1.82) is 0 Å². The maximum absolute atomic E-state index is 12.4. The van der Waals surface area contributed by atoms with Crippen LogP contribution in [-0.4, -0.2) is 24.8 Å². The number of thiophene rings is 1. The number of nitrogens with zero attached hydrogens (tertiary/aromatic N) is 2. The van der Waals surface area contributed by atoms with Gasteiger partial charge in [-0.15, -0.1) is 27.1 Å². The number of hydrogen-bond acceptors (Lipinski definition) is 6. The number of aryl methyl sites for hydroxylation is 1. The van der Waals surface area contributed by atoms with Crippen LogP contribution in [0, 0.1) is 6.92 Å². The molecule has 2 aromatic heterocycles. The van der Waals surface area contributed by atoms with E-state index in [1.165, 1.54) is 17.3 Å². The Hall–Kier alpha value is -2.20. The average molecular weight is 460 g/mol. The van der Waals surface area contributed by atoms with Crippen LogP contribution in [-0.2, 0) is 10.0 Å². The summed E-state index contributed by atoms with van der Waals surface area (Å²) >= 11 is 4.06. The fourth-order valence-electron chi connectivity index (χ4n) is 2.65. The molecular weight excluding hydrogens is 443 g/mol. The van der Waals surface area contributed by atoms with Crippen LogP contribution in [0.4, 0.5) is 5.69 Å². The molecule has 0 saturated heterocycles. The third-order valence-corrected chi connectivity index (χ3v) is 8.49. The van der Waals surface area contributed by atoms with Crippen molar-refractivity contribution < 1.29 is 8.42 Å². The number of fused-ring (bicyclic) bond motifs is 1. The maximum Gasteiger partial charge on any atom is 0.294 e. The van der Waals surface area contributed by atoms with E-state index in [9.17, 15) is 8.42 Å². The highest BCUT2D eigenvalue weighted by Crippen LogP contribution is 2.31. The molecule has 0 aliphatic heterocycles. The summed E-state index contributed by atoms with van der Waals surface area (Å²) in [6, 6.07) is 17.2. The molecule has 0 amide bonds. The Bertz CT molecular complexity index is 1280. The van der Waals surface area contributed by atoms with Crippen molar-refractivity contribution in [2.45, 2.75) is 11.1 Å². The first-order valence-corrected chi connectivity index (χ1v) is 13.0. The van der Waals surface area contributed by atoms with E-state index in [1.807, 2.05) is 30.3 Å². The van der Waals surface area contributed by atoms with E-state index in [4.69, 9.17) is 4.98 Å². The molecule has 9 heteroatoms. The predicted octanol–water partition coefficient (Wildman–Crippen LogP) is 5.85. The summed E-state index contributed by atoms with van der Waals surface area (Å²) in [6.07, 6.45) is 1.78. The molecule has 0 radical (unpaired) electrons. The molecule has 0 spiro atoms. The molecule has 148 valence electrons. The zero-order valence-corrected chi connectivity index (χ0v) is 18.9. The monoisotopic (exact) mass is 459 g/mol. The Morgan fingerprint density at radius 1 is 1.14 bits per heavy atom. The summed E-state index contributed by atoms with van der Waals surface area (Å²) in [5, 5.41) is 6.08. The number of benzene rings is 2. The first-order chi connectivity index (χ1) is 13.9. The van der Waals surface area contributed by atoms with Crippen LogP contribution in [0.1, 0.15) is 5.56 Å². The summed E-state index contributed by atoms with van der Waals surface area (Å²) in [5.41, 5.74) is 3.99. The van der Waals surface area contributed by atoms with Crippen LogP contribution in [0.25, 0.3) is 20.8 Å². The predicted molar refractivity (Wildman–Crippen MR) is 126 cm³/mol. The number of sulfonamides is 1. The normalized spacial score (nSPS) is 12.4. The number of nitrogens with one attached hydrogen (secondary N) is 1. The van der Waals surface area contributed by atoms with E-state index in [0.717, 1.165) is 37.8 Å². The SMILES string of the molecule is CS/C(=N/S(=O)(=O)c1cccs1)Nc1ccc(-c2nc3ccc(C)cc3s2)cc1. The molecule has 1 N–H and O–H groups in total. The second-order valence-corrected chi connectivity index (χ2v) is 10.8. The molecule has 2 heterocycles. The standard InChI is InChI=1S/C20H17N3O2S4/c1-13-5-10-16-17(12-13)28-19(22-16)14-6-8-15(9-7-14)21-20(26-2)23-29(24,25)18-4-3-11-27-18/h3-12H,1-2H3,(H,21,23). The average Bonchev–Trinajstić information content (AvgIpc) is 3.38. The van der Waals surface area contributed by atoms with Gasteiger partial charge in [0.15, 0.2) is 5.17 Å². The van der Waals surface area contributed by atoms with Gasteiger partial charge >= 0.3 is 0 Å². The van der Waals surface area contributed by atoms with Gasteiger partial charge in [-0.2, -0.15) is 8.42 Å². The van der Waals surface area contributed by atoms with Crippen molar-refractivity contribution in [3.8, 4) is 10.6 Å². The van der Waals surface area contributed by atoms with Gasteiger partial charge in [-0.3, -0.25) is 0 Å². The summed E-state index contributed by atoms with van der Waals surface area (Å²) < 4.78 is 30.0. The summed E-state index contributed by atoms with van der Waals surface area (Å²) in [7, 11) is -3.70. The van der Waals surface area contributed by atoms with Crippen molar-refractivity contribution in [2.75, 3.05) is 11.6 Å². The zero-order chi connectivity index (χ0) is 20.4. The number of amidine groups is 1. The van der Waals surface area contributed by atoms with Gasteiger partial charge in [0.05, 0.1) is 10.2 Å². The van der Waals surface area contributed by atoms with Crippen LogP contribution in [0.5, 0.6) is 0 Å². The molecule has 0 unspecified atom stereocenters. The van der Waals surface area contributed by atoms with Crippen LogP contribution in [0.15, 0.2) is 68.6 Å². The van der Waals surface area contributed by atoms with Gasteiger partial charge < -0.3 is 5.32 Å². The van der Waals surface area contributed by atoms with Gasteiger partial charge in [0, 0.05) is 11.3 Å². The summed E-state index contributed by atoms with van der Waals surface area (Å²) in [6.45, 7) is 2.07. The largest absolute Gasteiger partial charge is 0.334 e. The lowest BCUT2D eigenvalue weighted by Crippen LogP contribution is -2.10. The minimum Gasteiger partial charge on any atom is -0.334 e. The van der Waals surface area contributed by atoms with Crippen molar-refractivity contribution in [3.63, 3.8) is 0 Å².